The van der Waals surface area contributed by atoms with Crippen molar-refractivity contribution in [2.45, 2.75) is 0 Å². The standard InChI is InChI=1S/C16H16N3O2/c17-18-13-6-7-15(19-8-10-20-11-9-19)16(12-13)21-14-4-2-1-3-5-14/h1-7,12H,8-11H2/q+1. The summed E-state index contributed by atoms with van der Waals surface area (Å²) in [4.78, 5) is 5.45. The van der Waals surface area contributed by atoms with Crippen LogP contribution in [0.25, 0.3) is 4.98 Å². The highest BCUT2D eigenvalue weighted by molar-refractivity contribution is 5.66. The number of anilines is 1. The second kappa shape index (κ2) is 6.25. The zero-order chi connectivity index (χ0) is 14.5. The van der Waals surface area contributed by atoms with E-state index in [0.29, 0.717) is 24.7 Å². The molecule has 5 nitrogen and oxygen atoms in total. The molecule has 0 bridgehead atoms. The average molecular weight is 282 g/mol. The molecule has 1 aliphatic heterocycles. The molecule has 0 aromatic heterocycles. The van der Waals surface area contributed by atoms with E-state index in [0.717, 1.165) is 24.5 Å². The fraction of sp³-hybridized carbons (Fsp3) is 0.250. The number of rotatable bonds is 3. The van der Waals surface area contributed by atoms with Crippen molar-refractivity contribution in [1.82, 2.24) is 0 Å². The Morgan fingerprint density at radius 1 is 1.05 bits per heavy atom. The highest BCUT2D eigenvalue weighted by Crippen LogP contribution is 2.36. The molecule has 2 aromatic carbocycles. The molecule has 0 saturated carbocycles. The van der Waals surface area contributed by atoms with Gasteiger partial charge in [0.05, 0.1) is 25.0 Å². The molecule has 0 spiro atoms. The molecule has 1 saturated heterocycles. The second-order valence-corrected chi connectivity index (χ2v) is 4.77. The summed E-state index contributed by atoms with van der Waals surface area (Å²) in [5.74, 6) is 1.43. The highest BCUT2D eigenvalue weighted by atomic mass is 16.5. The lowest BCUT2D eigenvalue weighted by Gasteiger charge is -2.29. The van der Waals surface area contributed by atoms with Gasteiger partial charge in [0.2, 0.25) is 5.39 Å². The van der Waals surface area contributed by atoms with E-state index in [4.69, 9.17) is 14.9 Å². The van der Waals surface area contributed by atoms with Crippen molar-refractivity contribution in [1.29, 1.82) is 5.39 Å². The van der Waals surface area contributed by atoms with Crippen molar-refractivity contribution >= 4 is 11.4 Å². The van der Waals surface area contributed by atoms with Crippen LogP contribution in [0.2, 0.25) is 0 Å². The molecular formula is C16H16N3O2+. The SMILES string of the molecule is N#[N+]c1ccc(N2CCOCC2)c(Oc2ccccc2)c1. The molecule has 0 aliphatic carbocycles. The van der Waals surface area contributed by atoms with Crippen LogP contribution in [0.15, 0.2) is 48.5 Å². The molecule has 5 heteroatoms. The Balaban J connectivity index is 1.93. The monoisotopic (exact) mass is 282 g/mol. The maximum absolute atomic E-state index is 8.97. The highest BCUT2D eigenvalue weighted by Gasteiger charge is 2.19. The molecular weight excluding hydrogens is 266 g/mol. The summed E-state index contributed by atoms with van der Waals surface area (Å²) in [6, 6.07) is 15.0. The van der Waals surface area contributed by atoms with Gasteiger partial charge in [0, 0.05) is 19.2 Å². The maximum atomic E-state index is 8.97. The van der Waals surface area contributed by atoms with Crippen LogP contribution in [-0.4, -0.2) is 26.3 Å². The maximum Gasteiger partial charge on any atom is 0.388 e. The number of benzene rings is 2. The first-order valence-electron chi connectivity index (χ1n) is 6.91. The fourth-order valence-electron chi connectivity index (χ4n) is 2.33. The van der Waals surface area contributed by atoms with Gasteiger partial charge in [-0.15, -0.1) is 0 Å². The molecule has 0 unspecified atom stereocenters. The lowest BCUT2D eigenvalue weighted by Crippen LogP contribution is -2.36. The smallest absolute Gasteiger partial charge is 0.388 e. The van der Waals surface area contributed by atoms with Crippen LogP contribution in [0.1, 0.15) is 0 Å². The third kappa shape index (κ3) is 3.12. The van der Waals surface area contributed by atoms with Gasteiger partial charge in [0.1, 0.15) is 5.75 Å². The third-order valence-corrected chi connectivity index (χ3v) is 3.38. The number of nitrogens with zero attached hydrogens (tertiary/aromatic N) is 3. The van der Waals surface area contributed by atoms with Gasteiger partial charge in [-0.25, -0.2) is 0 Å². The van der Waals surface area contributed by atoms with Gasteiger partial charge in [0.25, 0.3) is 0 Å². The lowest BCUT2D eigenvalue weighted by atomic mass is 10.2. The Labute approximate surface area is 123 Å². The molecule has 0 amide bonds. The fourth-order valence-corrected chi connectivity index (χ4v) is 2.33. The molecule has 2 aromatic rings. The van der Waals surface area contributed by atoms with E-state index in [-0.39, 0.29) is 0 Å². The summed E-state index contributed by atoms with van der Waals surface area (Å²) in [6.07, 6.45) is 0. The first-order chi connectivity index (χ1) is 10.4. The topological polar surface area (TPSA) is 49.9 Å². The van der Waals surface area contributed by atoms with Gasteiger partial charge in [0.15, 0.2) is 10.7 Å². The quantitative estimate of drug-likeness (QED) is 0.803. The van der Waals surface area contributed by atoms with Gasteiger partial charge in [-0.05, 0) is 18.2 Å². The van der Waals surface area contributed by atoms with Gasteiger partial charge >= 0.3 is 5.69 Å². The summed E-state index contributed by atoms with van der Waals surface area (Å²) in [5, 5.41) is 8.97. The van der Waals surface area contributed by atoms with E-state index >= 15 is 0 Å². The summed E-state index contributed by atoms with van der Waals surface area (Å²) in [6.45, 7) is 3.05. The van der Waals surface area contributed by atoms with E-state index < -0.39 is 0 Å². The summed E-state index contributed by atoms with van der Waals surface area (Å²) in [5.41, 5.74) is 1.45. The first kappa shape index (κ1) is 13.4. The van der Waals surface area contributed by atoms with Gasteiger partial charge in [-0.1, -0.05) is 18.2 Å². The van der Waals surface area contributed by atoms with Gasteiger partial charge in [-0.2, -0.15) is 0 Å². The molecule has 0 radical (unpaired) electrons. The lowest BCUT2D eigenvalue weighted by molar-refractivity contribution is 0.122. The molecule has 106 valence electrons. The van der Waals surface area contributed by atoms with Gasteiger partial charge < -0.3 is 14.4 Å². The molecule has 1 aliphatic rings. The molecule has 1 heterocycles. The van der Waals surface area contributed by atoms with Crippen molar-refractivity contribution in [3.05, 3.63) is 53.5 Å². The van der Waals surface area contributed by atoms with E-state index in [1.165, 1.54) is 0 Å². The van der Waals surface area contributed by atoms with Crippen molar-refractivity contribution in [3.63, 3.8) is 0 Å². The Hall–Kier alpha value is -2.58. The van der Waals surface area contributed by atoms with E-state index in [9.17, 15) is 0 Å². The molecule has 0 N–H and O–H groups in total. The number of ether oxygens (including phenoxy) is 2. The Morgan fingerprint density at radius 2 is 1.81 bits per heavy atom. The Bertz CT molecular complexity index is 646. The minimum absolute atomic E-state index is 0.470. The van der Waals surface area contributed by atoms with Crippen LogP contribution in [0.5, 0.6) is 11.5 Å². The zero-order valence-electron chi connectivity index (χ0n) is 11.6. The van der Waals surface area contributed by atoms with E-state index in [2.05, 4.69) is 9.88 Å². The molecule has 1 fully saturated rings. The third-order valence-electron chi connectivity index (χ3n) is 3.38. The van der Waals surface area contributed by atoms with Crippen LogP contribution in [0, 0.1) is 5.39 Å². The minimum Gasteiger partial charge on any atom is -0.455 e. The Kier molecular flexibility index (Phi) is 3.99. The summed E-state index contributed by atoms with van der Waals surface area (Å²) in [7, 11) is 0. The minimum atomic E-state index is 0.470. The van der Waals surface area contributed by atoms with Gasteiger partial charge in [-0.3, -0.25) is 0 Å². The predicted molar refractivity (Wildman–Crippen MR) is 80.7 cm³/mol. The second-order valence-electron chi connectivity index (χ2n) is 4.77. The van der Waals surface area contributed by atoms with Crippen molar-refractivity contribution < 1.29 is 9.47 Å². The number of diazo groups is 1. The first-order valence-corrected chi connectivity index (χ1v) is 6.91. The van der Waals surface area contributed by atoms with Crippen molar-refractivity contribution in [3.8, 4) is 11.5 Å². The van der Waals surface area contributed by atoms with Crippen LogP contribution in [-0.2, 0) is 4.74 Å². The van der Waals surface area contributed by atoms with Crippen LogP contribution >= 0.6 is 0 Å². The largest absolute Gasteiger partial charge is 0.455 e. The van der Waals surface area contributed by atoms with E-state index in [1.807, 2.05) is 36.4 Å². The van der Waals surface area contributed by atoms with Crippen LogP contribution in [0.3, 0.4) is 0 Å². The molecule has 3 rings (SSSR count). The number of hydrogen-bond acceptors (Lipinski definition) is 4. The molecule has 21 heavy (non-hydrogen) atoms. The number of para-hydroxylation sites is 1. The number of hydrogen-bond donors (Lipinski definition) is 0. The summed E-state index contributed by atoms with van der Waals surface area (Å²) < 4.78 is 11.3. The molecule has 0 atom stereocenters. The van der Waals surface area contributed by atoms with E-state index in [1.54, 1.807) is 12.1 Å². The van der Waals surface area contributed by atoms with Crippen molar-refractivity contribution in [2.75, 3.05) is 31.2 Å². The summed E-state index contributed by atoms with van der Waals surface area (Å²) >= 11 is 0. The van der Waals surface area contributed by atoms with Crippen molar-refractivity contribution in [2.24, 2.45) is 0 Å². The van der Waals surface area contributed by atoms with Crippen LogP contribution in [0.4, 0.5) is 11.4 Å². The average Bonchev–Trinajstić information content (AvgIpc) is 2.56. The predicted octanol–water partition coefficient (Wildman–Crippen LogP) is 3.80. The zero-order valence-corrected chi connectivity index (χ0v) is 11.6. The number of morpholine rings is 1. The normalized spacial score (nSPS) is 14.5. The Morgan fingerprint density at radius 3 is 2.52 bits per heavy atom. The van der Waals surface area contributed by atoms with Crippen LogP contribution < -0.4 is 9.64 Å².